The molecule has 178 valence electrons. The molecule has 1 saturated heterocycles. The zero-order valence-electron chi connectivity index (χ0n) is 20.6. The van der Waals surface area contributed by atoms with Crippen LogP contribution in [0.3, 0.4) is 0 Å². The van der Waals surface area contributed by atoms with E-state index in [0.717, 1.165) is 5.56 Å². The molecule has 3 unspecified atom stereocenters. The van der Waals surface area contributed by atoms with Crippen LogP contribution in [-0.4, -0.2) is 49.1 Å². The summed E-state index contributed by atoms with van der Waals surface area (Å²) < 4.78 is 7.11. The molecular formula is C28H36BNO3Si. The largest absolute Gasteiger partial charge is 0.437 e. The van der Waals surface area contributed by atoms with Gasteiger partial charge in [-0.15, -0.1) is 0 Å². The Hall–Kier alpha value is -2.22. The Labute approximate surface area is 205 Å². The van der Waals surface area contributed by atoms with E-state index in [9.17, 15) is 10.1 Å². The van der Waals surface area contributed by atoms with Crippen molar-refractivity contribution in [2.75, 3.05) is 6.61 Å². The Morgan fingerprint density at radius 2 is 1.35 bits per heavy atom. The molecule has 0 spiro atoms. The summed E-state index contributed by atoms with van der Waals surface area (Å²) in [5.74, 6) is 0. The van der Waals surface area contributed by atoms with Gasteiger partial charge in [0.25, 0.3) is 8.32 Å². The molecule has 1 heterocycles. The lowest BCUT2D eigenvalue weighted by Crippen LogP contribution is -2.67. The maximum Gasteiger partial charge on any atom is 0.377 e. The van der Waals surface area contributed by atoms with E-state index < -0.39 is 21.5 Å². The van der Waals surface area contributed by atoms with Crippen LogP contribution < -0.4 is 10.4 Å². The second-order valence-corrected chi connectivity index (χ2v) is 14.7. The zero-order valence-corrected chi connectivity index (χ0v) is 21.6. The van der Waals surface area contributed by atoms with Crippen LogP contribution in [0.15, 0.2) is 91.0 Å². The molecule has 0 aromatic heterocycles. The van der Waals surface area contributed by atoms with Gasteiger partial charge in [0.2, 0.25) is 0 Å². The molecule has 1 aliphatic heterocycles. The molecule has 3 atom stereocenters. The second-order valence-electron chi connectivity index (χ2n) is 10.4. The number of hydrogen-bond donors (Lipinski definition) is 2. The maximum atomic E-state index is 11.2. The van der Waals surface area contributed by atoms with Gasteiger partial charge in [-0.05, 0) is 34.2 Å². The van der Waals surface area contributed by atoms with Gasteiger partial charge < -0.3 is 19.4 Å². The standard InChI is InChI=1S/C28H36BNO3Si/c1-28(2,3)34(23-16-10-6-11-17-23,24-18-12-7-13-19-24)33-21-26-27(31)20-25(30(26)29(4)32)22-14-8-5-9-15-22/h5-19,25-27,31-32H,20-21H2,1-4H3. The lowest BCUT2D eigenvalue weighted by molar-refractivity contribution is 0.0961. The quantitative estimate of drug-likeness (QED) is 0.512. The summed E-state index contributed by atoms with van der Waals surface area (Å²) in [6, 6.07) is 30.9. The van der Waals surface area contributed by atoms with Crippen molar-refractivity contribution in [3.05, 3.63) is 96.6 Å². The molecule has 0 amide bonds. The normalized spacial score (nSPS) is 21.5. The Morgan fingerprint density at radius 3 is 1.79 bits per heavy atom. The third-order valence-corrected chi connectivity index (χ3v) is 12.2. The van der Waals surface area contributed by atoms with Crippen LogP contribution >= 0.6 is 0 Å². The number of aliphatic hydroxyl groups is 1. The average Bonchev–Trinajstić information content (AvgIpc) is 3.17. The third-order valence-electron chi connectivity index (χ3n) is 7.15. The Bertz CT molecular complexity index is 1000. The van der Waals surface area contributed by atoms with Crippen molar-refractivity contribution in [2.45, 2.75) is 57.2 Å². The molecular weight excluding hydrogens is 437 g/mol. The lowest BCUT2D eigenvalue weighted by Gasteiger charge is -2.44. The Balaban J connectivity index is 1.73. The third kappa shape index (κ3) is 4.66. The predicted octanol–water partition coefficient (Wildman–Crippen LogP) is 3.85. The van der Waals surface area contributed by atoms with Gasteiger partial charge in [-0.25, -0.2) is 0 Å². The van der Waals surface area contributed by atoms with Gasteiger partial charge in [-0.1, -0.05) is 112 Å². The van der Waals surface area contributed by atoms with Gasteiger partial charge in [-0.2, -0.15) is 0 Å². The summed E-state index contributed by atoms with van der Waals surface area (Å²) in [5, 5.41) is 24.2. The highest BCUT2D eigenvalue weighted by Gasteiger charge is 2.52. The smallest absolute Gasteiger partial charge is 0.377 e. The van der Waals surface area contributed by atoms with E-state index in [0.29, 0.717) is 13.0 Å². The van der Waals surface area contributed by atoms with Crippen molar-refractivity contribution in [1.82, 2.24) is 4.81 Å². The van der Waals surface area contributed by atoms with Crippen LogP contribution in [0.4, 0.5) is 0 Å². The molecule has 3 aromatic carbocycles. The first-order chi connectivity index (χ1) is 16.3. The van der Waals surface area contributed by atoms with E-state index >= 15 is 0 Å². The van der Waals surface area contributed by atoms with Crippen molar-refractivity contribution in [2.24, 2.45) is 0 Å². The van der Waals surface area contributed by atoms with E-state index in [1.165, 1.54) is 10.4 Å². The van der Waals surface area contributed by atoms with Gasteiger partial charge in [0.1, 0.15) is 0 Å². The zero-order chi connectivity index (χ0) is 24.3. The number of hydrogen-bond acceptors (Lipinski definition) is 4. The molecule has 0 radical (unpaired) electrons. The molecule has 4 nitrogen and oxygen atoms in total. The second kappa shape index (κ2) is 10.2. The summed E-state index contributed by atoms with van der Waals surface area (Å²) >= 11 is 0. The highest BCUT2D eigenvalue weighted by atomic mass is 28.4. The van der Waals surface area contributed by atoms with Crippen molar-refractivity contribution in [3.63, 3.8) is 0 Å². The molecule has 4 rings (SSSR count). The lowest BCUT2D eigenvalue weighted by atomic mass is 9.81. The van der Waals surface area contributed by atoms with Crippen molar-refractivity contribution < 1.29 is 14.6 Å². The van der Waals surface area contributed by atoms with Crippen LogP contribution in [-0.2, 0) is 4.43 Å². The van der Waals surface area contributed by atoms with Gasteiger partial charge in [0.05, 0.1) is 18.8 Å². The first-order valence-corrected chi connectivity index (χ1v) is 14.1. The number of nitrogens with zero attached hydrogens (tertiary/aromatic N) is 1. The number of rotatable bonds is 7. The van der Waals surface area contributed by atoms with E-state index in [2.05, 4.69) is 81.4 Å². The van der Waals surface area contributed by atoms with Crippen LogP contribution in [0.2, 0.25) is 11.9 Å². The Kier molecular flexibility index (Phi) is 7.45. The molecule has 3 aromatic rings. The fourth-order valence-electron chi connectivity index (χ4n) is 5.63. The van der Waals surface area contributed by atoms with Crippen molar-refractivity contribution in [1.29, 1.82) is 0 Å². The molecule has 34 heavy (non-hydrogen) atoms. The Morgan fingerprint density at radius 1 is 0.882 bits per heavy atom. The monoisotopic (exact) mass is 473 g/mol. The van der Waals surface area contributed by atoms with Crippen molar-refractivity contribution >= 4 is 25.7 Å². The minimum absolute atomic E-state index is 0.0519. The minimum Gasteiger partial charge on any atom is -0.437 e. The molecule has 1 aliphatic rings. The number of aliphatic hydroxyl groups excluding tert-OH is 1. The summed E-state index contributed by atoms with van der Waals surface area (Å²) in [6.45, 7) is 8.89. The molecule has 2 N–H and O–H groups in total. The molecule has 0 saturated carbocycles. The number of benzene rings is 3. The first kappa shape index (κ1) is 24.9. The molecule has 6 heteroatoms. The van der Waals surface area contributed by atoms with Crippen LogP contribution in [0, 0.1) is 0 Å². The fraction of sp³-hybridized carbons (Fsp3) is 0.357. The van der Waals surface area contributed by atoms with E-state index in [-0.39, 0.29) is 17.1 Å². The molecule has 0 bridgehead atoms. The maximum absolute atomic E-state index is 11.2. The molecule has 1 fully saturated rings. The topological polar surface area (TPSA) is 52.9 Å². The van der Waals surface area contributed by atoms with Gasteiger partial charge >= 0.3 is 7.05 Å². The highest BCUT2D eigenvalue weighted by Crippen LogP contribution is 2.40. The van der Waals surface area contributed by atoms with Gasteiger partial charge in [0, 0.05) is 6.04 Å². The summed E-state index contributed by atoms with van der Waals surface area (Å²) in [7, 11) is -3.43. The van der Waals surface area contributed by atoms with E-state index in [4.69, 9.17) is 4.43 Å². The summed E-state index contributed by atoms with van der Waals surface area (Å²) in [6.07, 6.45) is -0.0121. The fourth-order valence-corrected chi connectivity index (χ4v) is 10.2. The van der Waals surface area contributed by atoms with Crippen LogP contribution in [0.1, 0.15) is 38.8 Å². The van der Waals surface area contributed by atoms with E-state index in [1.807, 2.05) is 35.1 Å². The van der Waals surface area contributed by atoms with Crippen LogP contribution in [0.25, 0.3) is 0 Å². The summed E-state index contributed by atoms with van der Waals surface area (Å²) in [5.41, 5.74) is 1.11. The van der Waals surface area contributed by atoms with Crippen molar-refractivity contribution in [3.8, 4) is 0 Å². The summed E-state index contributed by atoms with van der Waals surface area (Å²) in [4.78, 5) is 2.03. The SMILES string of the molecule is CB(O)N1C(c2ccccc2)CC(O)C1CO[Si](c1ccccc1)(c1ccccc1)C(C)(C)C. The van der Waals surface area contributed by atoms with Crippen LogP contribution in [0.5, 0.6) is 0 Å². The van der Waals surface area contributed by atoms with E-state index in [1.54, 1.807) is 6.82 Å². The first-order valence-electron chi connectivity index (χ1n) is 12.2. The average molecular weight is 473 g/mol. The van der Waals surface area contributed by atoms with Gasteiger partial charge in [0.15, 0.2) is 0 Å². The predicted molar refractivity (Wildman–Crippen MR) is 143 cm³/mol. The highest BCUT2D eigenvalue weighted by molar-refractivity contribution is 6.99. The molecule has 0 aliphatic carbocycles. The minimum atomic E-state index is -2.73. The van der Waals surface area contributed by atoms with Gasteiger partial charge in [-0.3, -0.25) is 0 Å².